The van der Waals surface area contributed by atoms with Gasteiger partial charge in [-0.1, -0.05) is 18.2 Å². The van der Waals surface area contributed by atoms with E-state index >= 15 is 0 Å². The van der Waals surface area contributed by atoms with Gasteiger partial charge in [-0.2, -0.15) is 0 Å². The van der Waals surface area contributed by atoms with Crippen LogP contribution in [0.1, 0.15) is 16.8 Å². The molecule has 0 saturated heterocycles. The van der Waals surface area contributed by atoms with Crippen molar-refractivity contribution in [2.24, 2.45) is 0 Å². The highest BCUT2D eigenvalue weighted by Gasteiger charge is 2.37. The summed E-state index contributed by atoms with van der Waals surface area (Å²) in [6, 6.07) is 7.23. The molecule has 0 radical (unpaired) electrons. The lowest BCUT2D eigenvalue weighted by atomic mass is 10.1. The van der Waals surface area contributed by atoms with Gasteiger partial charge in [-0.25, -0.2) is 0 Å². The molecular formula is C14H15N2O2+. The number of nitrogens with zero attached hydrogens (tertiary/aromatic N) is 1. The minimum atomic E-state index is -0.391. The Labute approximate surface area is 105 Å². The van der Waals surface area contributed by atoms with E-state index in [0.29, 0.717) is 12.2 Å². The topological polar surface area (TPSA) is 41.8 Å². The number of ketones is 1. The molecule has 2 heterocycles. The van der Waals surface area contributed by atoms with Gasteiger partial charge in [0.15, 0.2) is 6.67 Å². The summed E-state index contributed by atoms with van der Waals surface area (Å²) in [6.07, 6.45) is 5.33. The summed E-state index contributed by atoms with van der Waals surface area (Å²) in [7, 11) is 0. The number of hydrogen-bond acceptors (Lipinski definition) is 2. The van der Waals surface area contributed by atoms with Gasteiger partial charge in [0.25, 0.3) is 5.78 Å². The Morgan fingerprint density at radius 2 is 2.00 bits per heavy atom. The maximum Gasteiger partial charge on any atom is 0.303 e. The largest absolute Gasteiger partial charge is 0.314 e. The standard InChI is InChI=1S/C14H14N2O2/c17-13-11-6-2-3-7-12(11)16(14(13)18)10-15-8-4-1-5-9-15/h1-4,6-7H,5,8-10H2/p+1. The molecule has 1 unspecified atom stereocenters. The summed E-state index contributed by atoms with van der Waals surface area (Å²) >= 11 is 0. The Bertz CT molecular complexity index is 536. The van der Waals surface area contributed by atoms with Crippen molar-refractivity contribution in [1.29, 1.82) is 0 Å². The fourth-order valence-corrected chi connectivity index (χ4v) is 2.53. The van der Waals surface area contributed by atoms with Crippen molar-refractivity contribution >= 4 is 17.4 Å². The zero-order valence-electron chi connectivity index (χ0n) is 10.1. The predicted molar refractivity (Wildman–Crippen MR) is 67.6 cm³/mol. The van der Waals surface area contributed by atoms with Gasteiger partial charge in [-0.05, 0) is 18.2 Å². The van der Waals surface area contributed by atoms with Crippen LogP contribution in [0.3, 0.4) is 0 Å². The lowest BCUT2D eigenvalue weighted by molar-refractivity contribution is -0.894. The van der Waals surface area contributed by atoms with Gasteiger partial charge in [0.2, 0.25) is 0 Å². The fraction of sp³-hybridized carbons (Fsp3) is 0.286. The number of quaternary nitrogens is 1. The normalized spacial score (nSPS) is 22.4. The number of amides is 1. The number of rotatable bonds is 2. The van der Waals surface area contributed by atoms with Crippen molar-refractivity contribution in [3.05, 3.63) is 42.0 Å². The Kier molecular flexibility index (Phi) is 2.72. The molecule has 0 saturated carbocycles. The first-order valence-electron chi connectivity index (χ1n) is 6.21. The molecule has 92 valence electrons. The van der Waals surface area contributed by atoms with Crippen LogP contribution in [0.5, 0.6) is 0 Å². The minimum absolute atomic E-state index is 0.377. The number of Topliss-reactive ketones (excluding diaryl/α,β-unsaturated/α-hetero) is 1. The smallest absolute Gasteiger partial charge is 0.303 e. The van der Waals surface area contributed by atoms with E-state index in [1.54, 1.807) is 17.0 Å². The van der Waals surface area contributed by atoms with E-state index in [2.05, 4.69) is 12.2 Å². The van der Waals surface area contributed by atoms with Crippen LogP contribution in [0.2, 0.25) is 0 Å². The number of anilines is 1. The zero-order chi connectivity index (χ0) is 12.5. The molecule has 2 aliphatic heterocycles. The first kappa shape index (κ1) is 11.2. The zero-order valence-corrected chi connectivity index (χ0v) is 10.1. The van der Waals surface area contributed by atoms with E-state index < -0.39 is 5.91 Å². The van der Waals surface area contributed by atoms with Crippen LogP contribution in [0.4, 0.5) is 5.69 Å². The average Bonchev–Trinajstić information content (AvgIpc) is 2.66. The summed E-state index contributed by atoms with van der Waals surface area (Å²) in [5.74, 6) is -0.768. The van der Waals surface area contributed by atoms with Gasteiger partial charge >= 0.3 is 5.91 Å². The Morgan fingerprint density at radius 3 is 2.78 bits per heavy atom. The minimum Gasteiger partial charge on any atom is -0.314 e. The molecule has 0 aliphatic carbocycles. The number of nitrogens with one attached hydrogen (secondary N) is 1. The van der Waals surface area contributed by atoms with E-state index in [9.17, 15) is 9.59 Å². The molecule has 1 aromatic carbocycles. The van der Waals surface area contributed by atoms with Gasteiger partial charge in [-0.3, -0.25) is 14.5 Å². The maximum atomic E-state index is 12.0. The molecule has 1 amide bonds. The van der Waals surface area contributed by atoms with E-state index in [0.717, 1.165) is 25.2 Å². The number of benzene rings is 1. The molecule has 1 atom stereocenters. The Hall–Kier alpha value is -1.94. The van der Waals surface area contributed by atoms with Crippen molar-refractivity contribution < 1.29 is 14.5 Å². The third kappa shape index (κ3) is 1.75. The van der Waals surface area contributed by atoms with Crippen LogP contribution in [0, 0.1) is 0 Å². The molecule has 1 aromatic rings. The number of fused-ring (bicyclic) bond motifs is 1. The average molecular weight is 243 g/mol. The Balaban J connectivity index is 1.86. The van der Waals surface area contributed by atoms with E-state index in [4.69, 9.17) is 0 Å². The first-order chi connectivity index (χ1) is 8.77. The van der Waals surface area contributed by atoms with Crippen LogP contribution in [-0.2, 0) is 4.79 Å². The van der Waals surface area contributed by atoms with Crippen molar-refractivity contribution in [1.82, 2.24) is 0 Å². The highest BCUT2D eigenvalue weighted by molar-refractivity contribution is 6.52. The molecule has 3 rings (SSSR count). The highest BCUT2D eigenvalue weighted by atomic mass is 16.2. The van der Waals surface area contributed by atoms with Crippen LogP contribution >= 0.6 is 0 Å². The summed E-state index contributed by atoms with van der Waals surface area (Å²) in [6.45, 7) is 2.50. The molecule has 0 fully saturated rings. The third-order valence-corrected chi connectivity index (χ3v) is 3.50. The van der Waals surface area contributed by atoms with E-state index in [1.165, 1.54) is 4.90 Å². The van der Waals surface area contributed by atoms with Gasteiger partial charge in [0.1, 0.15) is 0 Å². The molecule has 2 aliphatic rings. The second-order valence-electron chi connectivity index (χ2n) is 4.70. The maximum absolute atomic E-state index is 12.0. The third-order valence-electron chi connectivity index (χ3n) is 3.50. The van der Waals surface area contributed by atoms with Crippen molar-refractivity contribution in [3.8, 4) is 0 Å². The number of para-hydroxylation sites is 1. The lowest BCUT2D eigenvalue weighted by Crippen LogP contribution is -3.14. The summed E-state index contributed by atoms with van der Waals surface area (Å²) < 4.78 is 0. The number of carbonyl (C=O) groups excluding carboxylic acids is 2. The summed E-state index contributed by atoms with van der Waals surface area (Å²) in [5.41, 5.74) is 1.30. The van der Waals surface area contributed by atoms with Crippen LogP contribution in [-0.4, -0.2) is 31.4 Å². The molecule has 1 N–H and O–H groups in total. The van der Waals surface area contributed by atoms with Crippen LogP contribution in [0.25, 0.3) is 0 Å². The number of carbonyl (C=O) groups is 2. The van der Waals surface area contributed by atoms with E-state index in [-0.39, 0.29) is 5.78 Å². The molecule has 18 heavy (non-hydrogen) atoms. The van der Waals surface area contributed by atoms with Crippen molar-refractivity contribution in [3.63, 3.8) is 0 Å². The van der Waals surface area contributed by atoms with Gasteiger partial charge in [0.05, 0.1) is 24.3 Å². The predicted octanol–water partition coefficient (Wildman–Crippen LogP) is 0.0182. The second-order valence-corrected chi connectivity index (χ2v) is 4.70. The molecule has 0 bridgehead atoms. The quantitative estimate of drug-likeness (QED) is 0.587. The first-order valence-corrected chi connectivity index (χ1v) is 6.21. The monoisotopic (exact) mass is 243 g/mol. The second kappa shape index (κ2) is 4.38. The van der Waals surface area contributed by atoms with Gasteiger partial charge in [0, 0.05) is 6.42 Å². The summed E-state index contributed by atoms with van der Waals surface area (Å²) in [5, 5.41) is 0. The lowest BCUT2D eigenvalue weighted by Gasteiger charge is -2.25. The Morgan fingerprint density at radius 1 is 1.17 bits per heavy atom. The van der Waals surface area contributed by atoms with E-state index in [1.807, 2.05) is 12.1 Å². The van der Waals surface area contributed by atoms with Gasteiger partial charge in [-0.15, -0.1) is 0 Å². The molecule has 0 spiro atoms. The van der Waals surface area contributed by atoms with Crippen LogP contribution in [0.15, 0.2) is 36.4 Å². The molecule has 4 heteroatoms. The van der Waals surface area contributed by atoms with Crippen LogP contribution < -0.4 is 9.80 Å². The SMILES string of the molecule is O=C1C(=O)N(C[NH+]2CC=CCC2)c2ccccc21. The summed E-state index contributed by atoms with van der Waals surface area (Å²) in [4.78, 5) is 26.7. The molecular weight excluding hydrogens is 228 g/mol. The molecule has 4 nitrogen and oxygen atoms in total. The fourth-order valence-electron chi connectivity index (χ4n) is 2.53. The van der Waals surface area contributed by atoms with Crippen molar-refractivity contribution in [2.45, 2.75) is 6.42 Å². The van der Waals surface area contributed by atoms with Gasteiger partial charge < -0.3 is 4.90 Å². The highest BCUT2D eigenvalue weighted by Crippen LogP contribution is 2.27. The number of hydrogen-bond donors (Lipinski definition) is 1. The molecule has 0 aromatic heterocycles. The van der Waals surface area contributed by atoms with Crippen molar-refractivity contribution in [2.75, 3.05) is 24.7 Å².